The van der Waals surface area contributed by atoms with Gasteiger partial charge in [0.1, 0.15) is 0 Å². The Balaban J connectivity index is 2.54. The van der Waals surface area contributed by atoms with Crippen LogP contribution < -0.4 is 5.19 Å². The molecule has 0 unspecified atom stereocenters. The lowest BCUT2D eigenvalue weighted by atomic mass is 10.1. The molecule has 0 aliphatic carbocycles. The molecule has 3 nitrogen and oxygen atoms in total. The summed E-state index contributed by atoms with van der Waals surface area (Å²) in [5.41, 5.74) is 0. The Kier molecular flexibility index (Phi) is 15.6. The molecule has 0 atom stereocenters. The Bertz CT molecular complexity index is 434. The maximum Gasteiger partial charge on any atom is 0.537 e. The van der Waals surface area contributed by atoms with E-state index in [0.29, 0.717) is 6.61 Å². The van der Waals surface area contributed by atoms with Crippen LogP contribution in [0.3, 0.4) is 0 Å². The van der Waals surface area contributed by atoms with Gasteiger partial charge < -0.3 is 13.3 Å². The SMILES string of the molecule is CCCCCCCCO[Si](OCC)(OCCCCCCCC)c1ccccc1. The highest BCUT2D eigenvalue weighted by atomic mass is 28.4. The van der Waals surface area contributed by atoms with E-state index in [4.69, 9.17) is 13.3 Å². The fourth-order valence-corrected chi connectivity index (χ4v) is 5.94. The summed E-state index contributed by atoms with van der Waals surface area (Å²) in [6, 6.07) is 10.3. The summed E-state index contributed by atoms with van der Waals surface area (Å²) in [5.74, 6) is 0. The standard InChI is InChI=1S/C24H44O3Si/c1-4-7-9-11-13-18-22-26-28(25-6-3,24-20-16-15-17-21-24)27-23-19-14-12-10-8-5-2/h15-17,20-21H,4-14,18-19,22-23H2,1-3H3. The highest BCUT2D eigenvalue weighted by molar-refractivity contribution is 6.75. The first kappa shape index (κ1) is 25.4. The highest BCUT2D eigenvalue weighted by Crippen LogP contribution is 2.15. The van der Waals surface area contributed by atoms with E-state index >= 15 is 0 Å². The van der Waals surface area contributed by atoms with Crippen molar-refractivity contribution in [2.24, 2.45) is 0 Å². The molecule has 0 N–H and O–H groups in total. The van der Waals surface area contributed by atoms with E-state index in [-0.39, 0.29) is 0 Å². The van der Waals surface area contributed by atoms with Gasteiger partial charge in [-0.05, 0) is 19.8 Å². The summed E-state index contributed by atoms with van der Waals surface area (Å²) in [7, 11) is -2.82. The normalized spacial score (nSPS) is 11.8. The van der Waals surface area contributed by atoms with Crippen molar-refractivity contribution in [2.75, 3.05) is 19.8 Å². The lowest BCUT2D eigenvalue weighted by Gasteiger charge is -2.29. The van der Waals surface area contributed by atoms with Crippen LogP contribution in [0, 0.1) is 0 Å². The molecule has 1 aromatic carbocycles. The molecule has 1 rings (SSSR count). The van der Waals surface area contributed by atoms with Crippen molar-refractivity contribution in [3.05, 3.63) is 30.3 Å². The zero-order chi connectivity index (χ0) is 20.3. The Labute approximate surface area is 175 Å². The zero-order valence-corrected chi connectivity index (χ0v) is 19.7. The molecule has 162 valence electrons. The minimum Gasteiger partial charge on any atom is -0.370 e. The van der Waals surface area contributed by atoms with Crippen LogP contribution in [0.1, 0.15) is 97.8 Å². The van der Waals surface area contributed by atoms with E-state index < -0.39 is 8.80 Å². The molecule has 0 bridgehead atoms. The maximum absolute atomic E-state index is 6.40. The fourth-order valence-electron chi connectivity index (χ4n) is 3.39. The molecule has 4 heteroatoms. The first-order chi connectivity index (χ1) is 13.8. The van der Waals surface area contributed by atoms with Crippen LogP contribution in [0.4, 0.5) is 0 Å². The molecule has 0 spiro atoms. The molecule has 1 aromatic rings. The van der Waals surface area contributed by atoms with Crippen LogP contribution in [0.25, 0.3) is 0 Å². The molecule has 28 heavy (non-hydrogen) atoms. The van der Waals surface area contributed by atoms with Crippen molar-refractivity contribution in [1.29, 1.82) is 0 Å². The number of hydrogen-bond acceptors (Lipinski definition) is 3. The monoisotopic (exact) mass is 408 g/mol. The van der Waals surface area contributed by atoms with E-state index in [1.807, 2.05) is 13.0 Å². The van der Waals surface area contributed by atoms with Gasteiger partial charge in [0.15, 0.2) is 0 Å². The van der Waals surface area contributed by atoms with Gasteiger partial charge in [0.05, 0.1) is 0 Å². The lowest BCUT2D eigenvalue weighted by molar-refractivity contribution is 0.0742. The molecule has 0 aromatic heterocycles. The Hall–Kier alpha value is -0.683. The van der Waals surface area contributed by atoms with Crippen LogP contribution in [-0.4, -0.2) is 28.6 Å². The highest BCUT2D eigenvalue weighted by Gasteiger charge is 2.43. The average Bonchev–Trinajstić information content (AvgIpc) is 2.73. The van der Waals surface area contributed by atoms with Crippen molar-refractivity contribution >= 4 is 14.0 Å². The topological polar surface area (TPSA) is 27.7 Å². The smallest absolute Gasteiger partial charge is 0.370 e. The molecule has 0 fully saturated rings. The summed E-state index contributed by atoms with van der Waals surface area (Å²) in [5, 5.41) is 1.09. The number of benzene rings is 1. The van der Waals surface area contributed by atoms with Crippen LogP contribution in [0.5, 0.6) is 0 Å². The predicted octanol–water partition coefficient (Wildman–Crippen LogP) is 6.62. The van der Waals surface area contributed by atoms with E-state index in [9.17, 15) is 0 Å². The van der Waals surface area contributed by atoms with Gasteiger partial charge in [-0.3, -0.25) is 0 Å². The van der Waals surface area contributed by atoms with E-state index in [0.717, 1.165) is 31.2 Å². The van der Waals surface area contributed by atoms with Crippen molar-refractivity contribution in [1.82, 2.24) is 0 Å². The van der Waals surface area contributed by atoms with Gasteiger partial charge >= 0.3 is 8.80 Å². The Morgan fingerprint density at radius 1 is 0.571 bits per heavy atom. The average molecular weight is 409 g/mol. The van der Waals surface area contributed by atoms with E-state index in [1.54, 1.807) is 0 Å². The third-order valence-electron chi connectivity index (χ3n) is 5.04. The van der Waals surface area contributed by atoms with Crippen molar-refractivity contribution < 1.29 is 13.3 Å². The minimum absolute atomic E-state index is 0.619. The molecule has 0 saturated heterocycles. The Morgan fingerprint density at radius 3 is 1.50 bits per heavy atom. The molecule has 0 aliphatic rings. The summed E-state index contributed by atoms with van der Waals surface area (Å²) < 4.78 is 19.0. The van der Waals surface area contributed by atoms with E-state index in [2.05, 4.69) is 38.1 Å². The lowest BCUT2D eigenvalue weighted by Crippen LogP contribution is -2.57. The van der Waals surface area contributed by atoms with Crippen LogP contribution in [0.15, 0.2) is 30.3 Å². The van der Waals surface area contributed by atoms with E-state index in [1.165, 1.54) is 64.2 Å². The van der Waals surface area contributed by atoms with Gasteiger partial charge in [0.2, 0.25) is 0 Å². The first-order valence-corrected chi connectivity index (χ1v) is 13.5. The zero-order valence-electron chi connectivity index (χ0n) is 18.7. The quantitative estimate of drug-likeness (QED) is 0.190. The fraction of sp³-hybridized carbons (Fsp3) is 0.750. The number of hydrogen-bond donors (Lipinski definition) is 0. The van der Waals surface area contributed by atoms with Crippen LogP contribution in [-0.2, 0) is 13.3 Å². The molecular weight excluding hydrogens is 364 g/mol. The van der Waals surface area contributed by atoms with Crippen molar-refractivity contribution in [3.63, 3.8) is 0 Å². The summed E-state index contributed by atoms with van der Waals surface area (Å²) >= 11 is 0. The van der Waals surface area contributed by atoms with Gasteiger partial charge in [-0.15, -0.1) is 0 Å². The van der Waals surface area contributed by atoms with Gasteiger partial charge in [0.25, 0.3) is 0 Å². The number of rotatable bonds is 19. The first-order valence-electron chi connectivity index (χ1n) is 11.8. The second-order valence-corrected chi connectivity index (χ2v) is 10.1. The molecule has 0 radical (unpaired) electrons. The van der Waals surface area contributed by atoms with Gasteiger partial charge in [-0.2, -0.15) is 0 Å². The second kappa shape index (κ2) is 17.2. The van der Waals surface area contributed by atoms with Crippen molar-refractivity contribution in [3.8, 4) is 0 Å². The van der Waals surface area contributed by atoms with Gasteiger partial charge in [-0.25, -0.2) is 0 Å². The second-order valence-electron chi connectivity index (χ2n) is 7.59. The molecule has 0 saturated carbocycles. The third-order valence-corrected chi connectivity index (χ3v) is 7.92. The minimum atomic E-state index is -2.82. The summed E-state index contributed by atoms with van der Waals surface area (Å²) in [6.45, 7) is 8.62. The van der Waals surface area contributed by atoms with Gasteiger partial charge in [0, 0.05) is 25.0 Å². The number of unbranched alkanes of at least 4 members (excludes halogenated alkanes) is 10. The third kappa shape index (κ3) is 10.8. The van der Waals surface area contributed by atoms with Crippen LogP contribution >= 0.6 is 0 Å². The summed E-state index contributed by atoms with van der Waals surface area (Å²) in [6.07, 6.45) is 15.1. The molecular formula is C24H44O3Si. The maximum atomic E-state index is 6.40. The van der Waals surface area contributed by atoms with Gasteiger partial charge in [-0.1, -0.05) is 108 Å². The molecule has 0 amide bonds. The van der Waals surface area contributed by atoms with Crippen LogP contribution in [0.2, 0.25) is 0 Å². The molecule has 0 aliphatic heterocycles. The summed E-state index contributed by atoms with van der Waals surface area (Å²) in [4.78, 5) is 0. The predicted molar refractivity (Wildman–Crippen MR) is 122 cm³/mol. The molecule has 0 heterocycles. The Morgan fingerprint density at radius 2 is 1.04 bits per heavy atom. The largest absolute Gasteiger partial charge is 0.537 e. The van der Waals surface area contributed by atoms with Crippen molar-refractivity contribution in [2.45, 2.75) is 97.8 Å².